The number of amides is 2. The highest BCUT2D eigenvalue weighted by molar-refractivity contribution is 7.09. The van der Waals surface area contributed by atoms with Crippen molar-refractivity contribution in [1.82, 2.24) is 10.2 Å². The fourth-order valence-electron chi connectivity index (χ4n) is 3.36. The van der Waals surface area contributed by atoms with E-state index in [1.807, 2.05) is 4.90 Å². The summed E-state index contributed by atoms with van der Waals surface area (Å²) in [6, 6.07) is 4.48. The lowest BCUT2D eigenvalue weighted by Gasteiger charge is -2.41. The molecule has 2 unspecified atom stereocenters. The molecule has 3 rings (SSSR count). The van der Waals surface area contributed by atoms with E-state index in [4.69, 9.17) is 0 Å². The molecule has 2 fully saturated rings. The van der Waals surface area contributed by atoms with E-state index in [1.54, 1.807) is 11.3 Å². The highest BCUT2D eigenvalue weighted by atomic mass is 32.1. The number of piperidine rings is 2. The Hall–Kier alpha value is -1.36. The normalized spacial score (nSPS) is 25.3. The third-order valence-corrected chi connectivity index (χ3v) is 5.51. The summed E-state index contributed by atoms with van der Waals surface area (Å²) < 4.78 is 0. The molecule has 2 amide bonds. The van der Waals surface area contributed by atoms with E-state index in [1.165, 1.54) is 4.88 Å². The Labute approximate surface area is 129 Å². The van der Waals surface area contributed by atoms with Crippen LogP contribution in [0.2, 0.25) is 0 Å². The van der Waals surface area contributed by atoms with Gasteiger partial charge in [0.2, 0.25) is 11.8 Å². The highest BCUT2D eigenvalue weighted by Crippen LogP contribution is 2.26. The molecule has 3 heterocycles. The largest absolute Gasteiger partial charge is 0.353 e. The maximum atomic E-state index is 12.3. The van der Waals surface area contributed by atoms with Crippen LogP contribution < -0.4 is 5.32 Å². The molecule has 2 aliphatic heterocycles. The Bertz CT molecular complexity index is 500. The lowest BCUT2D eigenvalue weighted by atomic mass is 9.85. The Kier molecular flexibility index (Phi) is 4.58. The van der Waals surface area contributed by atoms with E-state index in [0.717, 1.165) is 38.8 Å². The van der Waals surface area contributed by atoms with Gasteiger partial charge in [-0.2, -0.15) is 0 Å². The van der Waals surface area contributed by atoms with Crippen LogP contribution in [0.3, 0.4) is 0 Å². The van der Waals surface area contributed by atoms with Crippen LogP contribution in [0.25, 0.3) is 0 Å². The van der Waals surface area contributed by atoms with Crippen molar-refractivity contribution >= 4 is 23.2 Å². The second kappa shape index (κ2) is 6.60. The molecule has 0 spiro atoms. The first-order valence-corrected chi connectivity index (χ1v) is 8.70. The molecule has 2 aliphatic rings. The summed E-state index contributed by atoms with van der Waals surface area (Å²) in [6.07, 6.45) is 5.02. The number of rotatable bonds is 4. The number of hydrogen-bond donors (Lipinski definition) is 1. The molecule has 114 valence electrons. The number of hydrogen-bond acceptors (Lipinski definition) is 3. The number of carbonyl (C=O) groups is 2. The molecule has 1 aromatic rings. The van der Waals surface area contributed by atoms with E-state index >= 15 is 0 Å². The van der Waals surface area contributed by atoms with Crippen molar-refractivity contribution in [3.63, 3.8) is 0 Å². The first kappa shape index (κ1) is 14.6. The number of nitrogens with one attached hydrogen (secondary N) is 1. The monoisotopic (exact) mass is 306 g/mol. The molecule has 0 radical (unpaired) electrons. The molecule has 4 nitrogen and oxygen atoms in total. The van der Waals surface area contributed by atoms with Crippen LogP contribution in [0.15, 0.2) is 17.5 Å². The number of fused-ring (bicyclic) bond motifs is 1. The van der Waals surface area contributed by atoms with Gasteiger partial charge in [0.25, 0.3) is 0 Å². The molecule has 1 aromatic heterocycles. The average molecular weight is 306 g/mol. The van der Waals surface area contributed by atoms with Crippen molar-refractivity contribution in [3.8, 4) is 0 Å². The molecule has 0 saturated carbocycles. The summed E-state index contributed by atoms with van der Waals surface area (Å²) >= 11 is 1.76. The van der Waals surface area contributed by atoms with Crippen molar-refractivity contribution in [1.29, 1.82) is 0 Å². The van der Waals surface area contributed by atoms with E-state index < -0.39 is 0 Å². The van der Waals surface area contributed by atoms with Gasteiger partial charge in [0.15, 0.2) is 0 Å². The Morgan fingerprint density at radius 1 is 1.43 bits per heavy atom. The van der Waals surface area contributed by atoms with Crippen LogP contribution in [-0.2, 0) is 16.0 Å². The number of carbonyl (C=O) groups excluding carboxylic acids is 2. The fraction of sp³-hybridized carbons (Fsp3) is 0.625. The third kappa shape index (κ3) is 3.64. The summed E-state index contributed by atoms with van der Waals surface area (Å²) in [5, 5.41) is 5.15. The van der Waals surface area contributed by atoms with Crippen LogP contribution in [-0.4, -0.2) is 35.8 Å². The van der Waals surface area contributed by atoms with Crippen LogP contribution >= 0.6 is 11.3 Å². The maximum absolute atomic E-state index is 12.3. The van der Waals surface area contributed by atoms with E-state index in [2.05, 4.69) is 22.8 Å². The number of aryl methyl sites for hydroxylation is 1. The summed E-state index contributed by atoms with van der Waals surface area (Å²) in [5.41, 5.74) is 0. The first-order valence-electron chi connectivity index (χ1n) is 7.82. The van der Waals surface area contributed by atoms with Gasteiger partial charge in [0, 0.05) is 36.9 Å². The smallest absolute Gasteiger partial charge is 0.222 e. The Morgan fingerprint density at radius 2 is 2.33 bits per heavy atom. The van der Waals surface area contributed by atoms with Gasteiger partial charge >= 0.3 is 0 Å². The van der Waals surface area contributed by atoms with Gasteiger partial charge in [-0.1, -0.05) is 6.07 Å². The number of thiophene rings is 1. The number of nitrogens with zero attached hydrogens (tertiary/aromatic N) is 1. The molecule has 1 N–H and O–H groups in total. The van der Waals surface area contributed by atoms with E-state index in [-0.39, 0.29) is 11.8 Å². The van der Waals surface area contributed by atoms with Gasteiger partial charge in [-0.25, -0.2) is 0 Å². The molecule has 0 aromatic carbocycles. The predicted octanol–water partition coefficient (Wildman–Crippen LogP) is 2.20. The van der Waals surface area contributed by atoms with Gasteiger partial charge in [-0.05, 0) is 43.0 Å². The second-order valence-corrected chi connectivity index (χ2v) is 7.07. The fourth-order valence-corrected chi connectivity index (χ4v) is 4.11. The van der Waals surface area contributed by atoms with Gasteiger partial charge < -0.3 is 10.2 Å². The zero-order chi connectivity index (χ0) is 14.7. The Morgan fingerprint density at radius 3 is 3.14 bits per heavy atom. The van der Waals surface area contributed by atoms with Gasteiger partial charge in [0.05, 0.1) is 0 Å². The van der Waals surface area contributed by atoms with Crippen LogP contribution in [0.4, 0.5) is 0 Å². The minimum Gasteiger partial charge on any atom is -0.353 e. The zero-order valence-corrected chi connectivity index (χ0v) is 13.0. The van der Waals surface area contributed by atoms with Crippen molar-refractivity contribution in [2.45, 2.75) is 44.6 Å². The SMILES string of the molecule is O=C1CCC2CN(C(=O)CCCc3cccs3)CCC2N1. The van der Waals surface area contributed by atoms with Gasteiger partial charge in [0.1, 0.15) is 0 Å². The summed E-state index contributed by atoms with van der Waals surface area (Å²) in [4.78, 5) is 27.1. The third-order valence-electron chi connectivity index (χ3n) is 4.57. The predicted molar refractivity (Wildman–Crippen MR) is 83.1 cm³/mol. The first-order chi connectivity index (χ1) is 10.2. The van der Waals surface area contributed by atoms with Gasteiger partial charge in [-0.15, -0.1) is 11.3 Å². The second-order valence-electron chi connectivity index (χ2n) is 6.03. The molecule has 5 heteroatoms. The van der Waals surface area contributed by atoms with E-state index in [0.29, 0.717) is 24.8 Å². The van der Waals surface area contributed by atoms with Crippen LogP contribution in [0, 0.1) is 5.92 Å². The average Bonchev–Trinajstić information content (AvgIpc) is 3.00. The molecule has 0 aliphatic carbocycles. The molecule has 0 bridgehead atoms. The van der Waals surface area contributed by atoms with Gasteiger partial charge in [-0.3, -0.25) is 9.59 Å². The van der Waals surface area contributed by atoms with Crippen LogP contribution in [0.1, 0.15) is 37.0 Å². The molecular weight excluding hydrogens is 284 g/mol. The molecule has 21 heavy (non-hydrogen) atoms. The van der Waals surface area contributed by atoms with E-state index in [9.17, 15) is 9.59 Å². The highest BCUT2D eigenvalue weighted by Gasteiger charge is 2.34. The summed E-state index contributed by atoms with van der Waals surface area (Å²) in [6.45, 7) is 1.61. The van der Waals surface area contributed by atoms with Crippen molar-refractivity contribution in [3.05, 3.63) is 22.4 Å². The lowest BCUT2D eigenvalue weighted by Crippen LogP contribution is -2.55. The topological polar surface area (TPSA) is 49.4 Å². The molecule has 2 saturated heterocycles. The standard InChI is InChI=1S/C16H22N2O2S/c19-15-7-6-12-11-18(9-8-14(12)17-15)16(20)5-1-3-13-4-2-10-21-13/h2,4,10,12,14H,1,3,5-9,11H2,(H,17,19). The quantitative estimate of drug-likeness (QED) is 0.927. The minimum atomic E-state index is 0.173. The van der Waals surface area contributed by atoms with Crippen molar-refractivity contribution in [2.75, 3.05) is 13.1 Å². The number of likely N-dealkylation sites (tertiary alicyclic amines) is 1. The van der Waals surface area contributed by atoms with Crippen LogP contribution in [0.5, 0.6) is 0 Å². The maximum Gasteiger partial charge on any atom is 0.222 e. The zero-order valence-electron chi connectivity index (χ0n) is 12.2. The Balaban J connectivity index is 1.44. The molecule has 2 atom stereocenters. The summed E-state index contributed by atoms with van der Waals surface area (Å²) in [7, 11) is 0. The minimum absolute atomic E-state index is 0.173. The van der Waals surface area contributed by atoms with Crippen molar-refractivity contribution in [2.24, 2.45) is 5.92 Å². The lowest BCUT2D eigenvalue weighted by molar-refractivity contribution is -0.134. The summed E-state index contributed by atoms with van der Waals surface area (Å²) in [5.74, 6) is 0.909. The van der Waals surface area contributed by atoms with Crippen molar-refractivity contribution < 1.29 is 9.59 Å². The molecular formula is C16H22N2O2S.